The molecule has 2 aliphatic rings. The van der Waals surface area contributed by atoms with Gasteiger partial charge in [-0.2, -0.15) is 0 Å². The number of amides is 1. The fourth-order valence-corrected chi connectivity index (χ4v) is 6.20. The van der Waals surface area contributed by atoms with Gasteiger partial charge in [-0.3, -0.25) is 24.1 Å². The second-order valence-electron chi connectivity index (χ2n) is 9.94. The molecular weight excluding hydrogens is 608 g/mol. The minimum absolute atomic E-state index is 0. The number of nitrogens with two attached hydrogens (primary N) is 1. The molecule has 44 heavy (non-hydrogen) atoms. The molecule has 2 aliphatic heterocycles. The highest BCUT2D eigenvalue weighted by atomic mass is 35.5. The molecule has 2 N–H and O–H groups in total. The van der Waals surface area contributed by atoms with Crippen LogP contribution in [-0.2, 0) is 23.9 Å². The summed E-state index contributed by atoms with van der Waals surface area (Å²) in [5, 5.41) is -0.459. The zero-order chi connectivity index (χ0) is 30.7. The minimum Gasteiger partial charge on any atom is -0.448 e. The van der Waals surface area contributed by atoms with Gasteiger partial charge in [0.15, 0.2) is 23.4 Å². The number of nitrogens with zero attached hydrogens (tertiary/aromatic N) is 1. The average molecular weight is 637 g/mol. The molecule has 12 heteroatoms. The van der Waals surface area contributed by atoms with Gasteiger partial charge < -0.3 is 19.9 Å². The Morgan fingerprint density at radius 2 is 1.45 bits per heavy atom. The van der Waals surface area contributed by atoms with E-state index in [0.717, 1.165) is 11.1 Å². The molecule has 1 saturated heterocycles. The maximum Gasteiger partial charge on any atom is 0.356 e. The maximum absolute atomic E-state index is 13.9. The second kappa shape index (κ2) is 13.9. The summed E-state index contributed by atoms with van der Waals surface area (Å²) in [5.74, 6) is -2.76. The van der Waals surface area contributed by atoms with Crippen molar-refractivity contribution in [3.8, 4) is 11.5 Å². The van der Waals surface area contributed by atoms with Gasteiger partial charge in [0.2, 0.25) is 5.91 Å². The van der Waals surface area contributed by atoms with Crippen LogP contribution in [-0.4, -0.2) is 51.7 Å². The van der Waals surface area contributed by atoms with Crippen molar-refractivity contribution in [3.05, 3.63) is 107 Å². The molecule has 5 rings (SSSR count). The molecule has 0 spiro atoms. The molecule has 1 unspecified atom stereocenters. The zero-order valence-electron chi connectivity index (χ0n) is 23.8. The molecule has 0 bridgehead atoms. The smallest absolute Gasteiger partial charge is 0.356 e. The van der Waals surface area contributed by atoms with Crippen molar-refractivity contribution in [2.24, 2.45) is 5.73 Å². The number of carbonyl (C=O) groups is 5. The van der Waals surface area contributed by atoms with Gasteiger partial charge in [0.05, 0.1) is 0 Å². The van der Waals surface area contributed by atoms with Crippen LogP contribution < -0.4 is 15.2 Å². The Hall–Kier alpha value is -4.45. The van der Waals surface area contributed by atoms with Crippen molar-refractivity contribution < 1.29 is 38.2 Å². The van der Waals surface area contributed by atoms with Crippen LogP contribution >= 0.6 is 24.2 Å². The lowest BCUT2D eigenvalue weighted by molar-refractivity contribution is -0.153. The SMILES string of the molecule is CC(=O)Oc1ccc(C(=O)CC2=C(C(=O)OC(c3ccccc3)c3ccccc3)N3C(=O)C(N)[C@@H]3SC2)cc1OC(C)=O.Cl. The molecule has 0 saturated carbocycles. The average Bonchev–Trinajstić information content (AvgIpc) is 3.00. The third-order valence-electron chi connectivity index (χ3n) is 6.86. The molecule has 2 atom stereocenters. The Bertz CT molecular complexity index is 1590. The van der Waals surface area contributed by atoms with Crippen molar-refractivity contribution >= 4 is 53.8 Å². The number of β-lactam (4-membered cyclic amide) rings is 1. The minimum atomic E-state index is -0.774. The van der Waals surface area contributed by atoms with Gasteiger partial charge in [-0.25, -0.2) is 4.79 Å². The largest absolute Gasteiger partial charge is 0.448 e. The lowest BCUT2D eigenvalue weighted by Crippen LogP contribution is -2.68. The summed E-state index contributed by atoms with van der Waals surface area (Å²) in [4.78, 5) is 64.7. The summed E-state index contributed by atoms with van der Waals surface area (Å²) in [6, 6.07) is 21.7. The van der Waals surface area contributed by atoms with Crippen molar-refractivity contribution in [3.63, 3.8) is 0 Å². The quantitative estimate of drug-likeness (QED) is 0.156. The number of hydrogen-bond acceptors (Lipinski definition) is 10. The monoisotopic (exact) mass is 636 g/mol. The number of ketones is 1. The van der Waals surface area contributed by atoms with E-state index in [0.29, 0.717) is 5.57 Å². The van der Waals surface area contributed by atoms with Crippen LogP contribution in [0.5, 0.6) is 11.5 Å². The fraction of sp³-hybridized carbons (Fsp3) is 0.219. The topological polar surface area (TPSA) is 142 Å². The standard InChI is InChI=1S/C32H28N2O8S.ClH/c1-18(35)40-25-14-13-22(16-26(25)41-19(2)36)24(37)15-23-17-43-31-27(33)30(38)34(31)28(23)32(39)42-29(20-9-5-3-6-10-20)21-11-7-4-8-12-21;/h3-14,16,27,29,31H,15,17,33H2,1-2H3;1H/t27?,31-;/m0./s1. The molecule has 0 radical (unpaired) electrons. The van der Waals surface area contributed by atoms with Gasteiger partial charge >= 0.3 is 17.9 Å². The summed E-state index contributed by atoms with van der Waals surface area (Å²) >= 11 is 1.36. The van der Waals surface area contributed by atoms with Crippen molar-refractivity contribution in [1.29, 1.82) is 0 Å². The Morgan fingerprint density at radius 1 is 0.886 bits per heavy atom. The molecule has 228 valence electrons. The Balaban J connectivity index is 0.00000442. The van der Waals surface area contributed by atoms with E-state index < -0.39 is 47.1 Å². The second-order valence-corrected chi connectivity index (χ2v) is 11.0. The van der Waals surface area contributed by atoms with E-state index >= 15 is 0 Å². The molecule has 0 aromatic heterocycles. The number of esters is 3. The van der Waals surface area contributed by atoms with E-state index in [-0.39, 0.29) is 47.3 Å². The Kier molecular flexibility index (Phi) is 10.3. The van der Waals surface area contributed by atoms with E-state index in [2.05, 4.69) is 0 Å². The third-order valence-corrected chi connectivity index (χ3v) is 8.22. The van der Waals surface area contributed by atoms with Gasteiger partial charge in [0.25, 0.3) is 0 Å². The van der Waals surface area contributed by atoms with Crippen molar-refractivity contribution in [1.82, 2.24) is 4.90 Å². The first kappa shape index (κ1) is 32.5. The van der Waals surface area contributed by atoms with Gasteiger partial charge in [-0.1, -0.05) is 60.7 Å². The number of Topliss-reactive ketones (excluding diaryl/α,β-unsaturated/α-hetero) is 1. The number of benzene rings is 3. The summed E-state index contributed by atoms with van der Waals surface area (Å²) in [7, 11) is 0. The molecule has 3 aromatic rings. The third kappa shape index (κ3) is 6.85. The van der Waals surface area contributed by atoms with E-state index in [1.54, 1.807) is 0 Å². The van der Waals surface area contributed by atoms with Gasteiger partial charge in [0, 0.05) is 31.6 Å². The van der Waals surface area contributed by atoms with Crippen molar-refractivity contribution in [2.75, 3.05) is 5.75 Å². The number of hydrogen-bond donors (Lipinski definition) is 1. The highest BCUT2D eigenvalue weighted by Crippen LogP contribution is 2.42. The first-order chi connectivity index (χ1) is 20.6. The summed E-state index contributed by atoms with van der Waals surface area (Å²) in [6.07, 6.45) is -0.991. The molecule has 1 amide bonds. The number of carbonyl (C=O) groups excluding carboxylic acids is 5. The highest BCUT2D eigenvalue weighted by Gasteiger charge is 2.52. The van der Waals surface area contributed by atoms with Gasteiger partial charge in [-0.15, -0.1) is 24.2 Å². The van der Waals surface area contributed by atoms with Gasteiger partial charge in [-0.05, 0) is 34.9 Å². The molecule has 2 heterocycles. The van der Waals surface area contributed by atoms with Crippen LogP contribution in [0.4, 0.5) is 0 Å². The molecule has 0 aliphatic carbocycles. The highest BCUT2D eigenvalue weighted by molar-refractivity contribution is 8.00. The summed E-state index contributed by atoms with van der Waals surface area (Å²) < 4.78 is 16.3. The van der Waals surface area contributed by atoms with E-state index in [1.165, 1.54) is 48.7 Å². The van der Waals surface area contributed by atoms with Gasteiger partial charge in [0.1, 0.15) is 17.1 Å². The molecule has 1 fully saturated rings. The number of rotatable bonds is 9. The normalized spacial score (nSPS) is 17.2. The van der Waals surface area contributed by atoms with E-state index in [1.807, 2.05) is 60.7 Å². The molecular formula is C32H29ClN2O8S. The summed E-state index contributed by atoms with van der Waals surface area (Å²) in [6.45, 7) is 2.37. The summed E-state index contributed by atoms with van der Waals surface area (Å²) in [5.41, 5.74) is 8.05. The predicted octanol–water partition coefficient (Wildman–Crippen LogP) is 4.36. The van der Waals surface area contributed by atoms with E-state index in [4.69, 9.17) is 19.9 Å². The van der Waals surface area contributed by atoms with E-state index in [9.17, 15) is 24.0 Å². The number of thioether (sulfide) groups is 1. The Labute approximate surface area is 263 Å². The number of fused-ring (bicyclic) bond motifs is 1. The van der Waals surface area contributed by atoms with Crippen LogP contribution in [0.1, 0.15) is 47.9 Å². The number of halogens is 1. The number of ether oxygens (including phenoxy) is 3. The lowest BCUT2D eigenvalue weighted by Gasteiger charge is -2.48. The molecule has 10 nitrogen and oxygen atoms in total. The van der Waals surface area contributed by atoms with Crippen LogP contribution in [0.25, 0.3) is 0 Å². The van der Waals surface area contributed by atoms with Crippen LogP contribution in [0.3, 0.4) is 0 Å². The lowest BCUT2D eigenvalue weighted by atomic mass is 9.98. The maximum atomic E-state index is 13.9. The Morgan fingerprint density at radius 3 is 2.02 bits per heavy atom. The molecule has 3 aromatic carbocycles. The zero-order valence-corrected chi connectivity index (χ0v) is 25.4. The fourth-order valence-electron chi connectivity index (χ4n) is 4.90. The van der Waals surface area contributed by atoms with Crippen molar-refractivity contribution in [2.45, 2.75) is 37.8 Å². The first-order valence-corrected chi connectivity index (χ1v) is 14.5. The van der Waals surface area contributed by atoms with Crippen LogP contribution in [0.2, 0.25) is 0 Å². The van der Waals surface area contributed by atoms with Crippen LogP contribution in [0, 0.1) is 0 Å². The predicted molar refractivity (Wildman–Crippen MR) is 164 cm³/mol. The first-order valence-electron chi connectivity index (χ1n) is 13.4. The van der Waals surface area contributed by atoms with Crippen LogP contribution in [0.15, 0.2) is 90.1 Å².